The van der Waals surface area contributed by atoms with Crippen LogP contribution in [0.3, 0.4) is 0 Å². The molecule has 8 N–H and O–H groups in total. The summed E-state index contributed by atoms with van der Waals surface area (Å²) in [4.78, 5) is 27.6. The number of phenolic OH excluding ortho intramolecular Hbond substituents is 8. The Morgan fingerprint density at radius 1 is 0.740 bits per heavy atom. The molecule has 1 aliphatic rings. The van der Waals surface area contributed by atoms with Crippen molar-refractivity contribution >= 4 is 17.6 Å². The van der Waals surface area contributed by atoms with Crippen LogP contribution in [-0.4, -0.2) is 52.4 Å². The predicted molar refractivity (Wildman–Crippen MR) is 187 cm³/mol. The highest BCUT2D eigenvalue weighted by Crippen LogP contribution is 2.53. The molecular formula is C40H38O10. The number of hydrogen-bond donors (Lipinski definition) is 8. The Kier molecular flexibility index (Phi) is 9.94. The van der Waals surface area contributed by atoms with Crippen molar-refractivity contribution in [3.8, 4) is 46.0 Å². The van der Waals surface area contributed by atoms with Gasteiger partial charge in [-0.3, -0.25) is 9.59 Å². The molecule has 1 unspecified atom stereocenters. The molecule has 0 saturated heterocycles. The molecule has 0 bridgehead atoms. The molecule has 4 aromatic rings. The summed E-state index contributed by atoms with van der Waals surface area (Å²) in [6.07, 6.45) is 6.41. The van der Waals surface area contributed by atoms with Crippen molar-refractivity contribution in [3.63, 3.8) is 0 Å². The average molecular weight is 679 g/mol. The second kappa shape index (κ2) is 14.1. The molecule has 0 aromatic heterocycles. The topological polar surface area (TPSA) is 196 Å². The first-order chi connectivity index (χ1) is 23.7. The summed E-state index contributed by atoms with van der Waals surface area (Å²) in [5, 5.41) is 85.3. The Morgan fingerprint density at radius 2 is 1.38 bits per heavy atom. The largest absolute Gasteiger partial charge is 0.508 e. The third-order valence-corrected chi connectivity index (χ3v) is 9.00. The van der Waals surface area contributed by atoms with Crippen LogP contribution in [0, 0.1) is 5.92 Å². The second-order valence-corrected chi connectivity index (χ2v) is 12.8. The summed E-state index contributed by atoms with van der Waals surface area (Å²) in [5.41, 5.74) is 2.07. The first-order valence-corrected chi connectivity index (χ1v) is 15.9. The number of hydrogen-bond acceptors (Lipinski definition) is 10. The Bertz CT molecular complexity index is 2080. The van der Waals surface area contributed by atoms with E-state index in [1.165, 1.54) is 54.6 Å². The van der Waals surface area contributed by atoms with E-state index in [-0.39, 0.29) is 75.2 Å². The maximum Gasteiger partial charge on any atom is 0.189 e. The molecule has 10 nitrogen and oxygen atoms in total. The van der Waals surface area contributed by atoms with Gasteiger partial charge in [0.25, 0.3) is 0 Å². The van der Waals surface area contributed by atoms with Gasteiger partial charge in [0, 0.05) is 46.6 Å². The van der Waals surface area contributed by atoms with E-state index in [0.29, 0.717) is 5.56 Å². The van der Waals surface area contributed by atoms with Gasteiger partial charge in [0.15, 0.2) is 11.6 Å². The lowest BCUT2D eigenvalue weighted by molar-refractivity contribution is 0.0876. The Labute approximate surface area is 288 Å². The van der Waals surface area contributed by atoms with Gasteiger partial charge in [-0.15, -0.1) is 0 Å². The van der Waals surface area contributed by atoms with Crippen molar-refractivity contribution in [3.05, 3.63) is 123 Å². The second-order valence-electron chi connectivity index (χ2n) is 12.8. The van der Waals surface area contributed by atoms with E-state index in [2.05, 4.69) is 0 Å². The van der Waals surface area contributed by atoms with Crippen molar-refractivity contribution in [1.82, 2.24) is 0 Å². The number of ketones is 2. The zero-order chi connectivity index (χ0) is 36.4. The molecule has 258 valence electrons. The first kappa shape index (κ1) is 35.2. The summed E-state index contributed by atoms with van der Waals surface area (Å²) in [7, 11) is 0. The summed E-state index contributed by atoms with van der Waals surface area (Å²) in [6, 6.07) is 12.8. The molecule has 5 rings (SSSR count). The molecule has 3 atom stereocenters. The van der Waals surface area contributed by atoms with Gasteiger partial charge in [-0.2, -0.15) is 0 Å². The smallest absolute Gasteiger partial charge is 0.189 e. The van der Waals surface area contributed by atoms with Gasteiger partial charge in [0.2, 0.25) is 0 Å². The first-order valence-electron chi connectivity index (χ1n) is 15.9. The van der Waals surface area contributed by atoms with Crippen molar-refractivity contribution in [2.75, 3.05) is 0 Å². The molecule has 0 fully saturated rings. The van der Waals surface area contributed by atoms with Gasteiger partial charge >= 0.3 is 0 Å². The lowest BCUT2D eigenvalue weighted by Crippen LogP contribution is -2.31. The zero-order valence-corrected chi connectivity index (χ0v) is 27.6. The molecule has 0 amide bonds. The van der Waals surface area contributed by atoms with Crippen LogP contribution in [-0.2, 0) is 6.42 Å². The van der Waals surface area contributed by atoms with Crippen LogP contribution in [0.5, 0.6) is 46.0 Å². The molecule has 0 radical (unpaired) electrons. The highest BCUT2D eigenvalue weighted by atomic mass is 16.3. The normalized spacial score (nSPS) is 17.3. The van der Waals surface area contributed by atoms with E-state index in [1.54, 1.807) is 19.1 Å². The average Bonchev–Trinajstić information content (AvgIpc) is 3.03. The van der Waals surface area contributed by atoms with Gasteiger partial charge in [0.05, 0.1) is 11.1 Å². The number of aromatic hydroxyl groups is 8. The SMILES string of the molecule is CC(C)=CCc1c(O)ccc(C(=O)/C=C/c2ccc(O)c([C@H]3C=C(C)CC(c4ccc(O)cc4O)[C@H]3C(=O)c3ccc(O)cc3O)c2O)c1O. The monoisotopic (exact) mass is 678 g/mol. The van der Waals surface area contributed by atoms with E-state index < -0.39 is 40.8 Å². The minimum Gasteiger partial charge on any atom is -0.508 e. The quantitative estimate of drug-likeness (QED) is 0.0500. The molecule has 50 heavy (non-hydrogen) atoms. The predicted octanol–water partition coefficient (Wildman–Crippen LogP) is 7.45. The third-order valence-electron chi connectivity index (χ3n) is 9.00. The van der Waals surface area contributed by atoms with Crippen LogP contribution < -0.4 is 0 Å². The lowest BCUT2D eigenvalue weighted by atomic mass is 9.65. The zero-order valence-electron chi connectivity index (χ0n) is 27.6. The summed E-state index contributed by atoms with van der Waals surface area (Å²) < 4.78 is 0. The maximum atomic E-state index is 14.4. The fourth-order valence-corrected chi connectivity index (χ4v) is 6.53. The Hall–Kier alpha value is -6.16. The van der Waals surface area contributed by atoms with Crippen LogP contribution in [0.25, 0.3) is 6.08 Å². The summed E-state index contributed by atoms with van der Waals surface area (Å²) >= 11 is 0. The fraction of sp³-hybridized carbons (Fsp3) is 0.200. The van der Waals surface area contributed by atoms with Crippen molar-refractivity contribution in [2.24, 2.45) is 5.92 Å². The van der Waals surface area contributed by atoms with Gasteiger partial charge < -0.3 is 40.9 Å². The molecule has 4 aromatic carbocycles. The number of carbonyl (C=O) groups is 2. The Morgan fingerprint density at radius 3 is 2.04 bits per heavy atom. The van der Waals surface area contributed by atoms with Gasteiger partial charge in [-0.25, -0.2) is 0 Å². The van der Waals surface area contributed by atoms with E-state index >= 15 is 0 Å². The standard InChI is InChI=1S/C40H38O10/c1-20(2)4-9-26-32(44)15-12-27(39(26)49)31(43)13-5-22-6-14-33(45)37(38(22)48)30-17-21(3)16-29(25-10-7-23(41)18-34(25)46)36(30)40(50)28-11-8-24(42)19-35(28)47/h4-8,10-15,17-19,29-30,36,41-42,44-49H,9,16H2,1-3H3/b13-5+/t29?,30-,36+/m0/s1. The maximum absolute atomic E-state index is 14.4. The van der Waals surface area contributed by atoms with Crippen molar-refractivity contribution in [1.29, 1.82) is 0 Å². The van der Waals surface area contributed by atoms with E-state index in [1.807, 2.05) is 13.8 Å². The van der Waals surface area contributed by atoms with E-state index in [4.69, 9.17) is 0 Å². The van der Waals surface area contributed by atoms with Gasteiger partial charge in [-0.05, 0) is 93.8 Å². The molecule has 0 aliphatic heterocycles. The minimum absolute atomic E-state index is 0.0463. The molecule has 0 heterocycles. The molecule has 1 aliphatic carbocycles. The van der Waals surface area contributed by atoms with E-state index in [9.17, 15) is 50.4 Å². The lowest BCUT2D eigenvalue weighted by Gasteiger charge is -2.37. The Balaban J connectivity index is 1.60. The highest BCUT2D eigenvalue weighted by molar-refractivity contribution is 6.09. The van der Waals surface area contributed by atoms with Crippen LogP contribution in [0.1, 0.15) is 82.0 Å². The fourth-order valence-electron chi connectivity index (χ4n) is 6.53. The van der Waals surface area contributed by atoms with Crippen LogP contribution in [0.4, 0.5) is 0 Å². The number of carbonyl (C=O) groups excluding carboxylic acids is 2. The number of allylic oxidation sites excluding steroid dienone is 5. The van der Waals surface area contributed by atoms with Gasteiger partial charge in [0.1, 0.15) is 46.0 Å². The minimum atomic E-state index is -1.13. The van der Waals surface area contributed by atoms with Crippen LogP contribution in [0.2, 0.25) is 0 Å². The third kappa shape index (κ3) is 7.00. The number of Topliss-reactive ketones (excluding diaryl/α,β-unsaturated/α-hetero) is 1. The molecule has 0 saturated carbocycles. The molecule has 0 spiro atoms. The summed E-state index contributed by atoms with van der Waals surface area (Å²) in [6.45, 7) is 5.52. The van der Waals surface area contributed by atoms with Crippen LogP contribution in [0.15, 0.2) is 90.0 Å². The van der Waals surface area contributed by atoms with Crippen molar-refractivity contribution in [2.45, 2.75) is 45.4 Å². The van der Waals surface area contributed by atoms with Gasteiger partial charge in [-0.1, -0.05) is 29.4 Å². The molecular weight excluding hydrogens is 640 g/mol. The molecule has 10 heteroatoms. The number of rotatable bonds is 9. The van der Waals surface area contributed by atoms with Crippen LogP contribution >= 0.6 is 0 Å². The number of benzene rings is 4. The van der Waals surface area contributed by atoms with Crippen molar-refractivity contribution < 1.29 is 50.4 Å². The number of phenols is 8. The summed E-state index contributed by atoms with van der Waals surface area (Å²) in [5.74, 6) is -6.70. The van der Waals surface area contributed by atoms with E-state index in [0.717, 1.165) is 29.4 Å². The highest BCUT2D eigenvalue weighted by Gasteiger charge is 2.43.